The van der Waals surface area contributed by atoms with Crippen LogP contribution in [0.25, 0.3) is 0 Å². The molecule has 0 radical (unpaired) electrons. The van der Waals surface area contributed by atoms with Gasteiger partial charge in [-0.05, 0) is 30.4 Å². The van der Waals surface area contributed by atoms with E-state index in [-0.39, 0.29) is 17.7 Å². The molecule has 0 aromatic heterocycles. The maximum atomic E-state index is 12.4. The molecule has 0 amide bonds. The van der Waals surface area contributed by atoms with Crippen molar-refractivity contribution in [3.8, 4) is 0 Å². The van der Waals surface area contributed by atoms with Crippen molar-refractivity contribution < 1.29 is 14.3 Å². The first-order valence-electron chi connectivity index (χ1n) is 7.14. The maximum Gasteiger partial charge on any atom is 0.320 e. The molecular formula is C17H18O3S. The average molecular weight is 302 g/mol. The summed E-state index contributed by atoms with van der Waals surface area (Å²) in [5.74, 6) is -0.302. The second kappa shape index (κ2) is 5.34. The number of hydrogen-bond donors (Lipinski definition) is 0. The van der Waals surface area contributed by atoms with Gasteiger partial charge in [-0.2, -0.15) is 0 Å². The number of allylic oxidation sites excluding steroid dienone is 2. The minimum absolute atomic E-state index is 0.0173. The van der Waals surface area contributed by atoms with Gasteiger partial charge in [0.25, 0.3) is 0 Å². The molecule has 0 aliphatic heterocycles. The molecule has 0 heterocycles. The van der Waals surface area contributed by atoms with Crippen LogP contribution in [0.15, 0.2) is 45.7 Å². The highest BCUT2D eigenvalue weighted by atomic mass is 32.2. The van der Waals surface area contributed by atoms with Crippen molar-refractivity contribution >= 4 is 23.5 Å². The summed E-state index contributed by atoms with van der Waals surface area (Å²) in [6, 6.07) is 10.1. The largest absolute Gasteiger partial charge is 0.468 e. The summed E-state index contributed by atoms with van der Waals surface area (Å²) < 4.78 is 4.96. The van der Waals surface area contributed by atoms with Gasteiger partial charge in [-0.15, -0.1) is 0 Å². The molecule has 1 aromatic carbocycles. The maximum absolute atomic E-state index is 12.4. The highest BCUT2D eigenvalue weighted by Gasteiger charge is 2.60. The molecule has 3 rings (SSSR count). The van der Waals surface area contributed by atoms with E-state index in [4.69, 9.17) is 4.74 Å². The summed E-state index contributed by atoms with van der Waals surface area (Å²) in [5.41, 5.74) is 0.232. The van der Waals surface area contributed by atoms with E-state index in [0.717, 1.165) is 16.2 Å². The Labute approximate surface area is 128 Å². The van der Waals surface area contributed by atoms with Gasteiger partial charge in [0.15, 0.2) is 5.78 Å². The van der Waals surface area contributed by atoms with Gasteiger partial charge in [0.1, 0.15) is 5.41 Å². The van der Waals surface area contributed by atoms with Gasteiger partial charge in [0.05, 0.1) is 7.11 Å². The predicted octanol–water partition coefficient (Wildman–Crippen LogP) is 3.59. The fraction of sp³-hybridized carbons (Fsp3) is 0.412. The summed E-state index contributed by atoms with van der Waals surface area (Å²) in [6.45, 7) is 2.05. The van der Waals surface area contributed by atoms with Crippen LogP contribution < -0.4 is 0 Å². The van der Waals surface area contributed by atoms with E-state index < -0.39 is 5.41 Å². The minimum Gasteiger partial charge on any atom is -0.468 e. The van der Waals surface area contributed by atoms with Crippen LogP contribution in [-0.4, -0.2) is 18.9 Å². The van der Waals surface area contributed by atoms with Crippen LogP contribution in [0.3, 0.4) is 0 Å². The molecule has 2 atom stereocenters. The van der Waals surface area contributed by atoms with E-state index in [9.17, 15) is 9.59 Å². The third-order valence-corrected chi connectivity index (χ3v) is 5.91. The number of fused-ring (bicyclic) bond motifs is 1. The first kappa shape index (κ1) is 14.4. The Morgan fingerprint density at radius 1 is 1.33 bits per heavy atom. The van der Waals surface area contributed by atoms with Crippen LogP contribution in [-0.2, 0) is 14.3 Å². The smallest absolute Gasteiger partial charge is 0.320 e. The van der Waals surface area contributed by atoms with Gasteiger partial charge in [-0.25, -0.2) is 0 Å². The monoisotopic (exact) mass is 302 g/mol. The van der Waals surface area contributed by atoms with Crippen molar-refractivity contribution in [2.75, 3.05) is 7.11 Å². The molecule has 0 unspecified atom stereocenters. The third-order valence-electron chi connectivity index (χ3n) is 4.69. The number of Topliss-reactive ketones (excluding diaryl/α,β-unsaturated/α-hetero) is 1. The number of rotatable bonds is 3. The number of ketones is 1. The first-order chi connectivity index (χ1) is 10.1. The third kappa shape index (κ3) is 2.13. The molecule has 1 saturated carbocycles. The van der Waals surface area contributed by atoms with Crippen LogP contribution >= 0.6 is 11.8 Å². The van der Waals surface area contributed by atoms with Crippen LogP contribution in [0.4, 0.5) is 0 Å². The molecule has 0 spiro atoms. The molecule has 0 N–H and O–H groups in total. The van der Waals surface area contributed by atoms with Crippen molar-refractivity contribution in [2.45, 2.75) is 31.1 Å². The van der Waals surface area contributed by atoms with Gasteiger partial charge in [0, 0.05) is 23.7 Å². The normalized spacial score (nSPS) is 27.9. The Balaban J connectivity index is 1.93. The number of hydrogen-bond acceptors (Lipinski definition) is 4. The standard InChI is InChI=1S/C17H18O3S/c1-11-13-8-9-15(18)17(13,16(19)20-2)10-14(11)21-12-6-4-3-5-7-12/h3-7,13H,8-10H2,1-2H3/t13-,17-/m0/s1. The Morgan fingerprint density at radius 3 is 2.71 bits per heavy atom. The summed E-state index contributed by atoms with van der Waals surface area (Å²) >= 11 is 1.66. The van der Waals surface area contributed by atoms with E-state index in [2.05, 4.69) is 6.92 Å². The van der Waals surface area contributed by atoms with Gasteiger partial charge >= 0.3 is 5.97 Å². The molecule has 21 heavy (non-hydrogen) atoms. The number of methoxy groups -OCH3 is 1. The molecule has 2 aliphatic rings. The fourth-order valence-electron chi connectivity index (χ4n) is 3.59. The average Bonchev–Trinajstić information content (AvgIpc) is 2.97. The molecule has 1 fully saturated rings. The number of thioether (sulfide) groups is 1. The molecule has 3 nitrogen and oxygen atoms in total. The molecule has 0 saturated heterocycles. The van der Waals surface area contributed by atoms with Gasteiger partial charge in [-0.3, -0.25) is 9.59 Å². The topological polar surface area (TPSA) is 43.4 Å². The van der Waals surface area contributed by atoms with Gasteiger partial charge in [0.2, 0.25) is 0 Å². The molecular weight excluding hydrogens is 284 g/mol. The zero-order valence-electron chi connectivity index (χ0n) is 12.2. The number of carbonyl (C=O) groups is 2. The second-order valence-electron chi connectivity index (χ2n) is 5.68. The molecule has 0 bridgehead atoms. The summed E-state index contributed by atoms with van der Waals surface area (Å²) in [4.78, 5) is 27.0. The van der Waals surface area contributed by atoms with Gasteiger partial charge in [-0.1, -0.05) is 35.5 Å². The summed E-state index contributed by atoms with van der Waals surface area (Å²) in [6.07, 6.45) is 1.74. The lowest BCUT2D eigenvalue weighted by Gasteiger charge is -2.25. The van der Waals surface area contributed by atoms with Crippen molar-refractivity contribution in [2.24, 2.45) is 11.3 Å². The number of benzene rings is 1. The van der Waals surface area contributed by atoms with Crippen molar-refractivity contribution in [1.29, 1.82) is 0 Å². The Hall–Kier alpha value is -1.55. The predicted molar refractivity (Wildman–Crippen MR) is 81.8 cm³/mol. The van der Waals surface area contributed by atoms with Crippen molar-refractivity contribution in [1.82, 2.24) is 0 Å². The molecule has 1 aromatic rings. The van der Waals surface area contributed by atoms with Crippen molar-refractivity contribution in [3.63, 3.8) is 0 Å². The van der Waals surface area contributed by atoms with Crippen molar-refractivity contribution in [3.05, 3.63) is 40.8 Å². The number of carbonyl (C=O) groups excluding carboxylic acids is 2. The van der Waals surface area contributed by atoms with E-state index in [1.54, 1.807) is 11.8 Å². The first-order valence-corrected chi connectivity index (χ1v) is 7.95. The number of esters is 1. The summed E-state index contributed by atoms with van der Waals surface area (Å²) in [7, 11) is 1.37. The highest BCUT2D eigenvalue weighted by Crippen LogP contribution is 2.58. The minimum atomic E-state index is -0.948. The Bertz CT molecular complexity index is 620. The molecule has 110 valence electrons. The van der Waals surface area contributed by atoms with Crippen LogP contribution in [0.1, 0.15) is 26.2 Å². The van der Waals surface area contributed by atoms with E-state index in [1.165, 1.54) is 12.7 Å². The Kier molecular flexibility index (Phi) is 3.66. The molecule has 4 heteroatoms. The van der Waals surface area contributed by atoms with E-state index >= 15 is 0 Å². The quantitative estimate of drug-likeness (QED) is 0.632. The van der Waals surface area contributed by atoms with E-state index in [0.29, 0.717) is 12.8 Å². The lowest BCUT2D eigenvalue weighted by molar-refractivity contribution is -0.157. The zero-order chi connectivity index (χ0) is 15.0. The highest BCUT2D eigenvalue weighted by molar-refractivity contribution is 8.03. The van der Waals surface area contributed by atoms with Crippen LogP contribution in [0.2, 0.25) is 0 Å². The second-order valence-corrected chi connectivity index (χ2v) is 6.84. The zero-order valence-corrected chi connectivity index (χ0v) is 13.0. The lowest BCUT2D eigenvalue weighted by Crippen LogP contribution is -2.39. The summed E-state index contributed by atoms with van der Waals surface area (Å²) in [5, 5.41) is 0. The van der Waals surface area contributed by atoms with Crippen LogP contribution in [0.5, 0.6) is 0 Å². The SMILES string of the molecule is COC(=O)[C@@]12CC(Sc3ccccc3)=C(C)[C@@H]1CCC2=O. The van der Waals surface area contributed by atoms with E-state index in [1.807, 2.05) is 30.3 Å². The van der Waals surface area contributed by atoms with Gasteiger partial charge < -0.3 is 4.74 Å². The molecule has 2 aliphatic carbocycles. The number of ether oxygens (including phenoxy) is 1. The van der Waals surface area contributed by atoms with Crippen LogP contribution in [0, 0.1) is 11.3 Å². The fourth-order valence-corrected chi connectivity index (χ4v) is 4.77. The Morgan fingerprint density at radius 2 is 2.05 bits per heavy atom. The lowest BCUT2D eigenvalue weighted by atomic mass is 9.77.